The minimum absolute atomic E-state index is 0.295. The number of esters is 1. The third kappa shape index (κ3) is 6.88. The maximum atomic E-state index is 12.1. The number of benzene rings is 3. The van der Waals surface area contributed by atoms with Gasteiger partial charge in [0.25, 0.3) is 11.8 Å². The fourth-order valence-corrected chi connectivity index (χ4v) is 3.01. The van der Waals surface area contributed by atoms with Crippen LogP contribution < -0.4 is 10.7 Å². The SMILES string of the molecule is Cc1ccc(NC(=O)COC(=O)c2ccc(/C=N/NC(=O)c3cccc(Br)c3)cc2)cc1. The normalized spacial score (nSPS) is 10.6. The zero-order valence-corrected chi connectivity index (χ0v) is 18.8. The molecule has 162 valence electrons. The van der Waals surface area contributed by atoms with Crippen molar-refractivity contribution in [3.63, 3.8) is 0 Å². The van der Waals surface area contributed by atoms with Crippen molar-refractivity contribution in [3.05, 3.63) is 99.5 Å². The van der Waals surface area contributed by atoms with E-state index in [1.165, 1.54) is 6.21 Å². The zero-order valence-electron chi connectivity index (χ0n) is 17.2. The predicted octanol–water partition coefficient (Wildman–Crippen LogP) is 4.32. The molecule has 0 heterocycles. The number of rotatable bonds is 7. The zero-order chi connectivity index (χ0) is 22.9. The molecule has 0 atom stereocenters. The Bertz CT molecular complexity index is 1140. The highest BCUT2D eigenvalue weighted by Crippen LogP contribution is 2.12. The number of carbonyl (C=O) groups is 3. The Morgan fingerprint density at radius 3 is 2.38 bits per heavy atom. The molecule has 2 amide bonds. The van der Waals surface area contributed by atoms with Crippen molar-refractivity contribution in [2.24, 2.45) is 5.10 Å². The van der Waals surface area contributed by atoms with E-state index >= 15 is 0 Å². The van der Waals surface area contributed by atoms with Gasteiger partial charge in [0.05, 0.1) is 11.8 Å². The average Bonchev–Trinajstić information content (AvgIpc) is 2.79. The molecule has 32 heavy (non-hydrogen) atoms. The van der Waals surface area contributed by atoms with Crippen LogP contribution in [0.15, 0.2) is 82.4 Å². The summed E-state index contributed by atoms with van der Waals surface area (Å²) in [4.78, 5) is 36.1. The molecule has 2 N–H and O–H groups in total. The van der Waals surface area contributed by atoms with Crippen LogP contribution in [0, 0.1) is 6.92 Å². The van der Waals surface area contributed by atoms with Gasteiger partial charge in [-0.05, 0) is 55.0 Å². The molecule has 3 aromatic carbocycles. The summed E-state index contributed by atoms with van der Waals surface area (Å²) < 4.78 is 5.85. The second-order valence-electron chi connectivity index (χ2n) is 6.82. The third-order valence-corrected chi connectivity index (χ3v) is 4.78. The quantitative estimate of drug-likeness (QED) is 0.291. The summed E-state index contributed by atoms with van der Waals surface area (Å²) in [5, 5.41) is 6.58. The van der Waals surface area contributed by atoms with E-state index in [0.29, 0.717) is 22.4 Å². The molecule has 8 heteroatoms. The van der Waals surface area contributed by atoms with Crippen molar-refractivity contribution < 1.29 is 19.1 Å². The highest BCUT2D eigenvalue weighted by atomic mass is 79.9. The second-order valence-corrected chi connectivity index (χ2v) is 7.74. The number of nitrogens with one attached hydrogen (secondary N) is 2. The van der Waals surface area contributed by atoms with E-state index in [0.717, 1.165) is 10.0 Å². The first-order chi connectivity index (χ1) is 15.4. The van der Waals surface area contributed by atoms with Gasteiger partial charge in [-0.1, -0.05) is 51.8 Å². The number of anilines is 1. The lowest BCUT2D eigenvalue weighted by Crippen LogP contribution is -2.20. The van der Waals surface area contributed by atoms with Crippen molar-refractivity contribution in [2.75, 3.05) is 11.9 Å². The van der Waals surface area contributed by atoms with E-state index in [1.807, 2.05) is 25.1 Å². The topological polar surface area (TPSA) is 96.9 Å². The maximum absolute atomic E-state index is 12.1. The Hall–Kier alpha value is -3.78. The molecule has 0 fully saturated rings. The monoisotopic (exact) mass is 493 g/mol. The highest BCUT2D eigenvalue weighted by molar-refractivity contribution is 9.10. The van der Waals surface area contributed by atoms with Gasteiger partial charge in [-0.25, -0.2) is 10.2 Å². The molecular formula is C24H20BrN3O4. The average molecular weight is 494 g/mol. The number of hydrogen-bond donors (Lipinski definition) is 2. The molecule has 0 saturated heterocycles. The molecule has 0 saturated carbocycles. The van der Waals surface area contributed by atoms with Crippen molar-refractivity contribution in [3.8, 4) is 0 Å². The van der Waals surface area contributed by atoms with Gasteiger partial charge in [-0.2, -0.15) is 5.10 Å². The fourth-order valence-electron chi connectivity index (χ4n) is 2.61. The van der Waals surface area contributed by atoms with Crippen LogP contribution in [0.4, 0.5) is 5.69 Å². The number of carbonyl (C=O) groups excluding carboxylic acids is 3. The van der Waals surface area contributed by atoms with Crippen LogP contribution in [-0.2, 0) is 9.53 Å². The molecule has 3 rings (SSSR count). The van der Waals surface area contributed by atoms with E-state index in [1.54, 1.807) is 54.6 Å². The number of amides is 2. The largest absolute Gasteiger partial charge is 0.452 e. The van der Waals surface area contributed by atoms with Gasteiger partial charge in [0, 0.05) is 15.7 Å². The van der Waals surface area contributed by atoms with Gasteiger partial charge in [0.1, 0.15) is 0 Å². The number of ether oxygens (including phenoxy) is 1. The molecule has 0 unspecified atom stereocenters. The standard InChI is InChI=1S/C24H20BrN3O4/c1-16-5-11-21(12-6-16)27-22(29)15-32-24(31)18-9-7-17(8-10-18)14-26-28-23(30)19-3-2-4-20(25)13-19/h2-14H,15H2,1H3,(H,27,29)(H,28,30)/b26-14+. The number of hydrogen-bond acceptors (Lipinski definition) is 5. The summed E-state index contributed by atoms with van der Waals surface area (Å²) in [6.07, 6.45) is 1.46. The lowest BCUT2D eigenvalue weighted by molar-refractivity contribution is -0.119. The van der Waals surface area contributed by atoms with E-state index in [-0.39, 0.29) is 5.91 Å². The summed E-state index contributed by atoms with van der Waals surface area (Å²) in [6.45, 7) is 1.56. The number of hydrazone groups is 1. The summed E-state index contributed by atoms with van der Waals surface area (Å²) >= 11 is 3.31. The van der Waals surface area contributed by atoms with Crippen LogP contribution in [0.5, 0.6) is 0 Å². The number of halogens is 1. The predicted molar refractivity (Wildman–Crippen MR) is 126 cm³/mol. The fraction of sp³-hybridized carbons (Fsp3) is 0.0833. The van der Waals surface area contributed by atoms with Gasteiger partial charge in [-0.3, -0.25) is 9.59 Å². The van der Waals surface area contributed by atoms with Gasteiger partial charge >= 0.3 is 5.97 Å². The van der Waals surface area contributed by atoms with Gasteiger partial charge in [0.2, 0.25) is 0 Å². The Morgan fingerprint density at radius 2 is 1.69 bits per heavy atom. The van der Waals surface area contributed by atoms with Crippen LogP contribution >= 0.6 is 15.9 Å². The summed E-state index contributed by atoms with van der Waals surface area (Å²) in [7, 11) is 0. The molecule has 0 aliphatic carbocycles. The summed E-state index contributed by atoms with van der Waals surface area (Å²) in [6, 6.07) is 20.6. The second kappa shape index (κ2) is 11.0. The highest BCUT2D eigenvalue weighted by Gasteiger charge is 2.10. The van der Waals surface area contributed by atoms with Gasteiger partial charge in [0.15, 0.2) is 6.61 Å². The number of nitrogens with zero attached hydrogens (tertiary/aromatic N) is 1. The van der Waals surface area contributed by atoms with Crippen LogP contribution in [0.1, 0.15) is 31.8 Å². The summed E-state index contributed by atoms with van der Waals surface area (Å²) in [5.41, 5.74) is 5.59. The van der Waals surface area contributed by atoms with Crippen LogP contribution in [0.25, 0.3) is 0 Å². The lowest BCUT2D eigenvalue weighted by atomic mass is 10.1. The van der Waals surface area contributed by atoms with Crippen molar-refractivity contribution in [1.29, 1.82) is 0 Å². The minimum Gasteiger partial charge on any atom is -0.452 e. The Morgan fingerprint density at radius 1 is 0.969 bits per heavy atom. The first kappa shape index (κ1) is 22.9. The molecule has 7 nitrogen and oxygen atoms in total. The molecule has 0 bridgehead atoms. The first-order valence-electron chi connectivity index (χ1n) is 9.63. The van der Waals surface area contributed by atoms with Crippen molar-refractivity contribution >= 4 is 45.6 Å². The Kier molecular flexibility index (Phi) is 7.88. The smallest absolute Gasteiger partial charge is 0.338 e. The van der Waals surface area contributed by atoms with E-state index in [9.17, 15) is 14.4 Å². The van der Waals surface area contributed by atoms with Gasteiger partial charge < -0.3 is 10.1 Å². The van der Waals surface area contributed by atoms with Gasteiger partial charge in [-0.15, -0.1) is 0 Å². The first-order valence-corrected chi connectivity index (χ1v) is 10.4. The Labute approximate surface area is 193 Å². The van der Waals surface area contributed by atoms with E-state index in [4.69, 9.17) is 4.74 Å². The number of aryl methyl sites for hydroxylation is 1. The molecule has 0 spiro atoms. The third-order valence-electron chi connectivity index (χ3n) is 4.28. The van der Waals surface area contributed by atoms with Crippen LogP contribution in [0.3, 0.4) is 0 Å². The molecule has 0 aliphatic heterocycles. The molecule has 0 aromatic heterocycles. The summed E-state index contributed by atoms with van der Waals surface area (Å²) in [5.74, 6) is -1.38. The van der Waals surface area contributed by atoms with E-state index in [2.05, 4.69) is 31.8 Å². The van der Waals surface area contributed by atoms with Crippen molar-refractivity contribution in [1.82, 2.24) is 5.43 Å². The van der Waals surface area contributed by atoms with Crippen molar-refractivity contribution in [2.45, 2.75) is 6.92 Å². The molecular weight excluding hydrogens is 474 g/mol. The van der Waals surface area contributed by atoms with E-state index < -0.39 is 18.5 Å². The lowest BCUT2D eigenvalue weighted by Gasteiger charge is -2.07. The Balaban J connectivity index is 1.47. The molecule has 0 aliphatic rings. The van der Waals surface area contributed by atoms with Crippen LogP contribution in [-0.4, -0.2) is 30.6 Å². The minimum atomic E-state index is -0.615. The molecule has 0 radical (unpaired) electrons. The molecule has 3 aromatic rings. The maximum Gasteiger partial charge on any atom is 0.338 e. The van der Waals surface area contributed by atoms with Crippen LogP contribution in [0.2, 0.25) is 0 Å².